The molecule has 102 valence electrons. The van der Waals surface area contributed by atoms with Crippen LogP contribution in [0.2, 0.25) is 0 Å². The molecule has 0 aliphatic rings. The molecule has 1 rings (SSSR count). The fourth-order valence-corrected chi connectivity index (χ4v) is 1.61. The van der Waals surface area contributed by atoms with Crippen molar-refractivity contribution in [1.29, 1.82) is 0 Å². The molecule has 2 N–H and O–H groups in total. The Kier molecular flexibility index (Phi) is 6.68. The Hall–Kier alpha value is -1.13. The van der Waals surface area contributed by atoms with Gasteiger partial charge >= 0.3 is 0 Å². The molecule has 0 bridgehead atoms. The lowest BCUT2D eigenvalue weighted by atomic mass is 10.2. The smallest absolute Gasteiger partial charge is 0.129 e. The Bertz CT molecular complexity index is 358. The van der Waals surface area contributed by atoms with Gasteiger partial charge in [0, 0.05) is 18.7 Å². The highest BCUT2D eigenvalue weighted by Crippen LogP contribution is 2.16. The number of benzene rings is 1. The molecule has 1 atom stereocenters. The maximum absolute atomic E-state index is 13.3. The van der Waals surface area contributed by atoms with Gasteiger partial charge in [-0.25, -0.2) is 4.39 Å². The van der Waals surface area contributed by atoms with Crippen LogP contribution in [0, 0.1) is 12.7 Å². The van der Waals surface area contributed by atoms with Gasteiger partial charge in [0.25, 0.3) is 0 Å². The summed E-state index contributed by atoms with van der Waals surface area (Å²) in [4.78, 5) is 0. The lowest BCUT2D eigenvalue weighted by molar-refractivity contribution is 0.213. The van der Waals surface area contributed by atoms with Crippen LogP contribution >= 0.6 is 0 Å². The molecule has 1 aromatic carbocycles. The van der Waals surface area contributed by atoms with Gasteiger partial charge in [0.2, 0.25) is 0 Å². The first-order valence-corrected chi connectivity index (χ1v) is 6.40. The molecule has 4 heteroatoms. The van der Waals surface area contributed by atoms with Crippen LogP contribution in [0.4, 0.5) is 4.39 Å². The number of nitrogens with one attached hydrogen (secondary N) is 1. The van der Waals surface area contributed by atoms with Gasteiger partial charge < -0.3 is 15.2 Å². The Morgan fingerprint density at radius 1 is 1.44 bits per heavy atom. The third-order valence-corrected chi connectivity index (χ3v) is 2.76. The number of rotatable bonds is 8. The Morgan fingerprint density at radius 2 is 2.22 bits per heavy atom. The van der Waals surface area contributed by atoms with Crippen molar-refractivity contribution in [3.8, 4) is 5.75 Å². The molecule has 3 nitrogen and oxygen atoms in total. The summed E-state index contributed by atoms with van der Waals surface area (Å²) in [5.41, 5.74) is 0.610. The average molecular weight is 255 g/mol. The maximum atomic E-state index is 13.3. The second kappa shape index (κ2) is 8.06. The molecule has 0 aromatic heterocycles. The summed E-state index contributed by atoms with van der Waals surface area (Å²) in [7, 11) is 0. The Morgan fingerprint density at radius 3 is 2.83 bits per heavy atom. The molecule has 0 spiro atoms. The van der Waals surface area contributed by atoms with Crippen LogP contribution in [0.15, 0.2) is 18.2 Å². The summed E-state index contributed by atoms with van der Waals surface area (Å²) in [6, 6.07) is 4.95. The van der Waals surface area contributed by atoms with E-state index in [0.29, 0.717) is 24.3 Å². The molecule has 0 aliphatic carbocycles. The van der Waals surface area contributed by atoms with Gasteiger partial charge in [0.05, 0.1) is 0 Å². The van der Waals surface area contributed by atoms with Crippen LogP contribution in [-0.2, 0) is 0 Å². The molecule has 0 saturated heterocycles. The zero-order valence-corrected chi connectivity index (χ0v) is 11.1. The highest BCUT2D eigenvalue weighted by atomic mass is 19.1. The van der Waals surface area contributed by atoms with E-state index in [1.54, 1.807) is 19.1 Å². The fourth-order valence-electron chi connectivity index (χ4n) is 1.61. The minimum atomic E-state index is -0.257. The van der Waals surface area contributed by atoms with E-state index in [9.17, 15) is 4.39 Å². The van der Waals surface area contributed by atoms with Crippen molar-refractivity contribution < 1.29 is 14.2 Å². The van der Waals surface area contributed by atoms with Crippen molar-refractivity contribution in [2.75, 3.05) is 19.8 Å². The number of aliphatic hydroxyl groups excluding tert-OH is 1. The van der Waals surface area contributed by atoms with E-state index in [-0.39, 0.29) is 18.5 Å². The zero-order valence-electron chi connectivity index (χ0n) is 11.1. The largest absolute Gasteiger partial charge is 0.492 e. The van der Waals surface area contributed by atoms with Crippen molar-refractivity contribution in [1.82, 2.24) is 5.32 Å². The molecule has 0 saturated carbocycles. The molecule has 0 amide bonds. The first-order chi connectivity index (χ1) is 8.67. The van der Waals surface area contributed by atoms with Crippen molar-refractivity contribution >= 4 is 0 Å². The van der Waals surface area contributed by atoms with Crippen molar-refractivity contribution in [2.45, 2.75) is 32.7 Å². The number of aryl methyl sites for hydroxylation is 1. The van der Waals surface area contributed by atoms with E-state index in [4.69, 9.17) is 9.84 Å². The van der Waals surface area contributed by atoms with E-state index in [0.717, 1.165) is 13.0 Å². The second-order valence-corrected chi connectivity index (χ2v) is 4.39. The van der Waals surface area contributed by atoms with E-state index >= 15 is 0 Å². The number of hydrogen-bond acceptors (Lipinski definition) is 3. The molecule has 1 unspecified atom stereocenters. The van der Waals surface area contributed by atoms with Crippen molar-refractivity contribution in [2.24, 2.45) is 0 Å². The second-order valence-electron chi connectivity index (χ2n) is 4.39. The van der Waals surface area contributed by atoms with E-state index in [2.05, 4.69) is 12.2 Å². The van der Waals surface area contributed by atoms with Crippen LogP contribution in [0.3, 0.4) is 0 Å². The van der Waals surface area contributed by atoms with Gasteiger partial charge in [-0.1, -0.05) is 13.0 Å². The van der Waals surface area contributed by atoms with Gasteiger partial charge in [0.1, 0.15) is 18.2 Å². The average Bonchev–Trinajstić information content (AvgIpc) is 2.37. The quantitative estimate of drug-likeness (QED) is 0.748. The minimum Gasteiger partial charge on any atom is -0.492 e. The monoisotopic (exact) mass is 255 g/mol. The fraction of sp³-hybridized carbons (Fsp3) is 0.571. The summed E-state index contributed by atoms with van der Waals surface area (Å²) >= 11 is 0. The summed E-state index contributed by atoms with van der Waals surface area (Å²) in [6.45, 7) is 5.24. The summed E-state index contributed by atoms with van der Waals surface area (Å²) in [6.07, 6.45) is 1.66. The highest BCUT2D eigenvalue weighted by Gasteiger charge is 2.08. The number of hydrogen-bond donors (Lipinski definition) is 2. The van der Waals surface area contributed by atoms with Crippen LogP contribution in [0.25, 0.3) is 0 Å². The van der Waals surface area contributed by atoms with Gasteiger partial charge in [-0.15, -0.1) is 0 Å². The third kappa shape index (κ3) is 5.02. The van der Waals surface area contributed by atoms with Crippen LogP contribution in [0.5, 0.6) is 5.75 Å². The standard InChI is InChI=1S/C14H22FNO2/c1-3-7-16-12(6-8-17)10-18-13-5-4-11(2)14(15)9-13/h4-5,9,12,16-17H,3,6-8,10H2,1-2H3. The third-order valence-electron chi connectivity index (χ3n) is 2.76. The number of aliphatic hydroxyl groups is 1. The normalized spacial score (nSPS) is 12.4. The zero-order chi connectivity index (χ0) is 13.4. The first kappa shape index (κ1) is 14.9. The molecule has 0 radical (unpaired) electrons. The topological polar surface area (TPSA) is 41.5 Å². The molecule has 0 heterocycles. The van der Waals surface area contributed by atoms with Crippen LogP contribution in [0.1, 0.15) is 25.3 Å². The SMILES string of the molecule is CCCNC(CCO)COc1ccc(C)c(F)c1. The lowest BCUT2D eigenvalue weighted by Crippen LogP contribution is -2.36. The van der Waals surface area contributed by atoms with E-state index in [1.165, 1.54) is 6.07 Å². The predicted molar refractivity (Wildman–Crippen MR) is 70.4 cm³/mol. The lowest BCUT2D eigenvalue weighted by Gasteiger charge is -2.18. The van der Waals surface area contributed by atoms with E-state index < -0.39 is 0 Å². The minimum absolute atomic E-state index is 0.0966. The molecule has 18 heavy (non-hydrogen) atoms. The Balaban J connectivity index is 2.47. The van der Waals surface area contributed by atoms with Crippen molar-refractivity contribution in [3.63, 3.8) is 0 Å². The van der Waals surface area contributed by atoms with Gasteiger partial charge in [0.15, 0.2) is 0 Å². The highest BCUT2D eigenvalue weighted by molar-refractivity contribution is 5.27. The van der Waals surface area contributed by atoms with Crippen LogP contribution in [-0.4, -0.2) is 30.9 Å². The summed E-state index contributed by atoms with van der Waals surface area (Å²) in [5, 5.41) is 12.2. The maximum Gasteiger partial charge on any atom is 0.129 e. The molecule has 0 fully saturated rings. The van der Waals surface area contributed by atoms with Crippen LogP contribution < -0.4 is 10.1 Å². The van der Waals surface area contributed by atoms with Gasteiger partial charge in [-0.2, -0.15) is 0 Å². The summed E-state index contributed by atoms with van der Waals surface area (Å²) < 4.78 is 18.9. The van der Waals surface area contributed by atoms with Gasteiger partial charge in [-0.05, 0) is 37.9 Å². The molecule has 1 aromatic rings. The predicted octanol–water partition coefficient (Wildman–Crippen LogP) is 2.26. The molecule has 0 aliphatic heterocycles. The summed E-state index contributed by atoms with van der Waals surface area (Å²) in [5.74, 6) is 0.270. The first-order valence-electron chi connectivity index (χ1n) is 6.40. The number of halogens is 1. The van der Waals surface area contributed by atoms with Gasteiger partial charge in [-0.3, -0.25) is 0 Å². The van der Waals surface area contributed by atoms with Crippen molar-refractivity contribution in [3.05, 3.63) is 29.6 Å². The molecular weight excluding hydrogens is 233 g/mol. The number of ether oxygens (including phenoxy) is 1. The van der Waals surface area contributed by atoms with E-state index in [1.807, 2.05) is 0 Å². The Labute approximate surface area is 108 Å². The molecular formula is C14H22FNO2.